The van der Waals surface area contributed by atoms with Crippen LogP contribution in [-0.4, -0.2) is 49.9 Å². The number of unbranched alkanes of at least 4 members (excludes halogenated alkanes) is 2. The van der Waals surface area contributed by atoms with Gasteiger partial charge in [0, 0.05) is 25.1 Å². The minimum absolute atomic E-state index is 0.172. The number of hydrogen-bond donors (Lipinski definition) is 1. The van der Waals surface area contributed by atoms with Gasteiger partial charge in [-0.25, -0.2) is 4.98 Å². The van der Waals surface area contributed by atoms with Crippen molar-refractivity contribution in [3.63, 3.8) is 0 Å². The van der Waals surface area contributed by atoms with E-state index < -0.39 is 0 Å². The Kier molecular flexibility index (Phi) is 10.5. The SMILES string of the molecule is COc1cc(C(=O)NCCCCCc2nc3ccccc3n2CCCOc2c(C)cccc2C)cc(OC)c1OC. The Morgan fingerprint density at radius 2 is 1.54 bits per heavy atom. The number of fused-ring (bicyclic) bond motifs is 1. The summed E-state index contributed by atoms with van der Waals surface area (Å²) in [5, 5.41) is 3.00. The first-order valence-corrected chi connectivity index (χ1v) is 14.2. The highest BCUT2D eigenvalue weighted by Crippen LogP contribution is 2.38. The summed E-state index contributed by atoms with van der Waals surface area (Å²) in [7, 11) is 4.61. The summed E-state index contributed by atoms with van der Waals surface area (Å²) in [5.41, 5.74) is 4.98. The Balaban J connectivity index is 1.27. The maximum Gasteiger partial charge on any atom is 0.251 e. The van der Waals surface area contributed by atoms with Crippen molar-refractivity contribution in [1.29, 1.82) is 0 Å². The standard InChI is InChI=1S/C33H41N3O5/c1-23-13-11-14-24(2)31(23)41-20-12-19-36-27-16-9-8-15-26(27)35-30(36)17-7-6-10-18-34-33(37)25-21-28(38-3)32(40-5)29(22-25)39-4/h8-9,11,13-16,21-22H,6-7,10,12,17-20H2,1-5H3,(H,34,37). The molecule has 0 aliphatic rings. The monoisotopic (exact) mass is 559 g/mol. The summed E-state index contributed by atoms with van der Waals surface area (Å²) in [6.45, 7) is 6.27. The van der Waals surface area contributed by atoms with Gasteiger partial charge in [0.25, 0.3) is 5.91 Å². The van der Waals surface area contributed by atoms with E-state index in [1.807, 2.05) is 6.07 Å². The maximum absolute atomic E-state index is 12.7. The average molecular weight is 560 g/mol. The third-order valence-electron chi connectivity index (χ3n) is 7.20. The van der Waals surface area contributed by atoms with E-state index in [2.05, 4.69) is 60.1 Å². The van der Waals surface area contributed by atoms with Crippen molar-refractivity contribution in [2.45, 2.75) is 52.5 Å². The zero-order valence-corrected chi connectivity index (χ0v) is 24.8. The number of aromatic nitrogens is 2. The molecule has 1 N–H and O–H groups in total. The smallest absolute Gasteiger partial charge is 0.251 e. The van der Waals surface area contributed by atoms with Gasteiger partial charge in [-0.2, -0.15) is 0 Å². The molecule has 1 amide bonds. The molecule has 0 atom stereocenters. The number of rotatable bonds is 15. The van der Waals surface area contributed by atoms with Gasteiger partial charge in [-0.05, 0) is 68.5 Å². The number of para-hydroxylation sites is 3. The minimum Gasteiger partial charge on any atom is -0.493 e. The molecule has 0 fully saturated rings. The summed E-state index contributed by atoms with van der Waals surface area (Å²) in [6.07, 6.45) is 4.62. The minimum atomic E-state index is -0.172. The lowest BCUT2D eigenvalue weighted by molar-refractivity contribution is 0.0952. The highest BCUT2D eigenvalue weighted by atomic mass is 16.5. The van der Waals surface area contributed by atoms with E-state index in [9.17, 15) is 4.79 Å². The molecule has 0 saturated heterocycles. The fraction of sp³-hybridized carbons (Fsp3) is 0.394. The zero-order valence-electron chi connectivity index (χ0n) is 24.8. The van der Waals surface area contributed by atoms with Crippen molar-refractivity contribution >= 4 is 16.9 Å². The fourth-order valence-electron chi connectivity index (χ4n) is 5.09. The van der Waals surface area contributed by atoms with Crippen LogP contribution >= 0.6 is 0 Å². The number of methoxy groups -OCH3 is 3. The van der Waals surface area contributed by atoms with Crippen LogP contribution in [0.4, 0.5) is 0 Å². The number of nitrogens with one attached hydrogen (secondary N) is 1. The van der Waals surface area contributed by atoms with Crippen LogP contribution in [0, 0.1) is 13.8 Å². The number of aryl methyl sites for hydroxylation is 4. The third-order valence-corrected chi connectivity index (χ3v) is 7.20. The van der Waals surface area contributed by atoms with Crippen LogP contribution in [0.3, 0.4) is 0 Å². The summed E-state index contributed by atoms with van der Waals surface area (Å²) in [4.78, 5) is 17.7. The molecule has 4 aromatic rings. The van der Waals surface area contributed by atoms with Gasteiger partial charge in [-0.15, -0.1) is 0 Å². The Labute approximate surface area is 242 Å². The van der Waals surface area contributed by atoms with Gasteiger partial charge in [0.2, 0.25) is 5.75 Å². The Bertz CT molecular complexity index is 1420. The number of imidazole rings is 1. The lowest BCUT2D eigenvalue weighted by Crippen LogP contribution is -2.24. The second kappa shape index (κ2) is 14.4. The van der Waals surface area contributed by atoms with Crippen LogP contribution in [0.25, 0.3) is 11.0 Å². The topological polar surface area (TPSA) is 83.8 Å². The third kappa shape index (κ3) is 7.31. The van der Waals surface area contributed by atoms with Crippen molar-refractivity contribution in [2.24, 2.45) is 0 Å². The first-order valence-electron chi connectivity index (χ1n) is 14.2. The van der Waals surface area contributed by atoms with Gasteiger partial charge in [0.15, 0.2) is 11.5 Å². The molecule has 0 saturated carbocycles. The first kappa shape index (κ1) is 29.8. The molecular formula is C33H41N3O5. The predicted molar refractivity (Wildman–Crippen MR) is 162 cm³/mol. The van der Waals surface area contributed by atoms with Crippen molar-refractivity contribution in [1.82, 2.24) is 14.9 Å². The second-order valence-corrected chi connectivity index (χ2v) is 10.1. The molecule has 41 heavy (non-hydrogen) atoms. The molecule has 8 heteroatoms. The zero-order chi connectivity index (χ0) is 29.2. The van der Waals surface area contributed by atoms with Gasteiger partial charge in [0.1, 0.15) is 11.6 Å². The molecule has 0 bridgehead atoms. The number of benzene rings is 3. The molecule has 0 unspecified atom stereocenters. The summed E-state index contributed by atoms with van der Waals surface area (Å²) >= 11 is 0. The van der Waals surface area contributed by atoms with Crippen molar-refractivity contribution in [2.75, 3.05) is 34.5 Å². The fourth-order valence-corrected chi connectivity index (χ4v) is 5.09. The van der Waals surface area contributed by atoms with Gasteiger partial charge in [-0.1, -0.05) is 36.8 Å². The van der Waals surface area contributed by atoms with E-state index in [4.69, 9.17) is 23.9 Å². The van der Waals surface area contributed by atoms with E-state index >= 15 is 0 Å². The van der Waals surface area contributed by atoms with Gasteiger partial charge >= 0.3 is 0 Å². The highest BCUT2D eigenvalue weighted by molar-refractivity contribution is 5.95. The van der Waals surface area contributed by atoms with Crippen LogP contribution in [0.2, 0.25) is 0 Å². The Hall–Kier alpha value is -4.20. The predicted octanol–water partition coefficient (Wildman–Crippen LogP) is 6.29. The van der Waals surface area contributed by atoms with Crippen molar-refractivity contribution in [3.05, 3.63) is 77.1 Å². The molecule has 1 aromatic heterocycles. The number of ether oxygens (including phenoxy) is 4. The molecule has 8 nitrogen and oxygen atoms in total. The quantitative estimate of drug-likeness (QED) is 0.172. The summed E-state index contributed by atoms with van der Waals surface area (Å²) in [6, 6.07) is 17.9. The lowest BCUT2D eigenvalue weighted by Gasteiger charge is -2.14. The number of carbonyl (C=O) groups excluding carboxylic acids is 1. The number of nitrogens with zero attached hydrogens (tertiary/aromatic N) is 2. The molecular weight excluding hydrogens is 518 g/mol. The van der Waals surface area contributed by atoms with Crippen LogP contribution in [0.15, 0.2) is 54.6 Å². The van der Waals surface area contributed by atoms with Crippen LogP contribution in [0.5, 0.6) is 23.0 Å². The number of hydrogen-bond acceptors (Lipinski definition) is 6. The van der Waals surface area contributed by atoms with E-state index in [0.717, 1.165) is 61.3 Å². The van der Waals surface area contributed by atoms with E-state index in [-0.39, 0.29) is 5.91 Å². The van der Waals surface area contributed by atoms with E-state index in [0.29, 0.717) is 36.0 Å². The second-order valence-electron chi connectivity index (χ2n) is 10.1. The summed E-state index contributed by atoms with van der Waals surface area (Å²) in [5.74, 6) is 3.29. The molecule has 4 rings (SSSR count). The molecule has 1 heterocycles. The van der Waals surface area contributed by atoms with Crippen molar-refractivity contribution < 1.29 is 23.7 Å². The molecule has 218 valence electrons. The number of carbonyl (C=O) groups is 1. The Morgan fingerprint density at radius 1 is 0.829 bits per heavy atom. The van der Waals surface area contributed by atoms with E-state index in [1.165, 1.54) is 32.5 Å². The van der Waals surface area contributed by atoms with Gasteiger partial charge in [0.05, 0.1) is 39.0 Å². The first-order chi connectivity index (χ1) is 20.0. The van der Waals surface area contributed by atoms with Crippen LogP contribution in [-0.2, 0) is 13.0 Å². The maximum atomic E-state index is 12.7. The molecule has 0 aliphatic carbocycles. The van der Waals surface area contributed by atoms with Gasteiger partial charge < -0.3 is 28.8 Å². The lowest BCUT2D eigenvalue weighted by atomic mass is 10.1. The number of amides is 1. The molecule has 0 radical (unpaired) electrons. The van der Waals surface area contributed by atoms with Crippen LogP contribution in [0.1, 0.15) is 53.0 Å². The van der Waals surface area contributed by atoms with E-state index in [1.54, 1.807) is 12.1 Å². The highest BCUT2D eigenvalue weighted by Gasteiger charge is 2.17. The molecule has 0 aliphatic heterocycles. The normalized spacial score (nSPS) is 11.0. The summed E-state index contributed by atoms with van der Waals surface area (Å²) < 4.78 is 24.5. The Morgan fingerprint density at radius 3 is 2.22 bits per heavy atom. The van der Waals surface area contributed by atoms with Crippen molar-refractivity contribution in [3.8, 4) is 23.0 Å². The van der Waals surface area contributed by atoms with Crippen LogP contribution < -0.4 is 24.3 Å². The molecule has 3 aromatic carbocycles. The largest absolute Gasteiger partial charge is 0.493 e. The van der Waals surface area contributed by atoms with Gasteiger partial charge in [-0.3, -0.25) is 4.79 Å². The average Bonchev–Trinajstić information content (AvgIpc) is 3.34. The molecule has 0 spiro atoms.